The summed E-state index contributed by atoms with van der Waals surface area (Å²) >= 11 is 0. The highest BCUT2D eigenvalue weighted by molar-refractivity contribution is 7.89. The number of ether oxygens (including phenoxy) is 3. The topological polar surface area (TPSA) is 94.2 Å². The van der Waals surface area contributed by atoms with Crippen LogP contribution in [-0.2, 0) is 14.8 Å². The van der Waals surface area contributed by atoms with Crippen molar-refractivity contribution in [2.45, 2.75) is 44.8 Å². The molecular formula is C22H28N2O6S. The Morgan fingerprint density at radius 1 is 1.06 bits per heavy atom. The fourth-order valence-corrected chi connectivity index (χ4v) is 4.86. The quantitative estimate of drug-likeness (QED) is 0.666. The fraction of sp³-hybridized carbons (Fsp3) is 0.409. The number of fused-ring (bicyclic) bond motifs is 1. The van der Waals surface area contributed by atoms with Crippen LogP contribution in [0.2, 0.25) is 0 Å². The second kappa shape index (κ2) is 9.57. The highest BCUT2D eigenvalue weighted by Crippen LogP contribution is 2.35. The van der Waals surface area contributed by atoms with Crippen molar-refractivity contribution in [2.75, 3.05) is 25.0 Å². The van der Waals surface area contributed by atoms with E-state index in [2.05, 4.69) is 5.32 Å². The average molecular weight is 449 g/mol. The molecule has 1 aliphatic rings. The molecule has 0 aromatic heterocycles. The van der Waals surface area contributed by atoms with Gasteiger partial charge in [0.1, 0.15) is 11.9 Å². The Kier molecular flexibility index (Phi) is 7.07. The molecule has 0 bridgehead atoms. The Morgan fingerprint density at radius 2 is 1.71 bits per heavy atom. The first-order chi connectivity index (χ1) is 14.8. The van der Waals surface area contributed by atoms with Crippen LogP contribution < -0.4 is 19.5 Å². The van der Waals surface area contributed by atoms with Gasteiger partial charge in [-0.05, 0) is 44.2 Å². The van der Waals surface area contributed by atoms with Crippen molar-refractivity contribution in [1.82, 2.24) is 4.31 Å². The molecule has 0 saturated heterocycles. The van der Waals surface area contributed by atoms with Crippen molar-refractivity contribution >= 4 is 21.6 Å². The largest absolute Gasteiger partial charge is 0.492 e. The summed E-state index contributed by atoms with van der Waals surface area (Å²) in [5.41, 5.74) is 0.259. The van der Waals surface area contributed by atoms with Crippen LogP contribution in [0.1, 0.15) is 27.7 Å². The van der Waals surface area contributed by atoms with Crippen molar-refractivity contribution in [3.05, 3.63) is 42.5 Å². The van der Waals surface area contributed by atoms with Gasteiger partial charge in [0.25, 0.3) is 5.91 Å². The lowest BCUT2D eigenvalue weighted by Gasteiger charge is -2.31. The SMILES string of the molecule is CCOc1ccc(S(=O)(=O)N(CC)CC)cc1NC(=O)C1Oc2ccccc2OC1C. The molecule has 0 aliphatic carbocycles. The lowest BCUT2D eigenvalue weighted by atomic mass is 10.1. The zero-order chi connectivity index (χ0) is 22.6. The predicted octanol–water partition coefficient (Wildman–Crippen LogP) is 3.28. The Hall–Kier alpha value is -2.78. The maximum absolute atomic E-state index is 13.0. The summed E-state index contributed by atoms with van der Waals surface area (Å²) in [5.74, 6) is 0.962. The van der Waals surface area contributed by atoms with Crippen molar-refractivity contribution in [3.8, 4) is 17.2 Å². The van der Waals surface area contributed by atoms with E-state index in [0.29, 0.717) is 36.9 Å². The van der Waals surface area contributed by atoms with Gasteiger partial charge >= 0.3 is 0 Å². The molecule has 2 atom stereocenters. The van der Waals surface area contributed by atoms with Crippen LogP contribution in [0.15, 0.2) is 47.4 Å². The third-order valence-corrected chi connectivity index (χ3v) is 7.00. The van der Waals surface area contributed by atoms with Gasteiger partial charge in [0.15, 0.2) is 11.5 Å². The Bertz CT molecular complexity index is 1040. The van der Waals surface area contributed by atoms with E-state index < -0.39 is 28.1 Å². The number of nitrogens with one attached hydrogen (secondary N) is 1. The van der Waals surface area contributed by atoms with E-state index in [9.17, 15) is 13.2 Å². The van der Waals surface area contributed by atoms with Gasteiger partial charge in [0.05, 0.1) is 17.2 Å². The molecule has 1 N–H and O–H groups in total. The van der Waals surface area contributed by atoms with Gasteiger partial charge in [-0.15, -0.1) is 0 Å². The van der Waals surface area contributed by atoms with Gasteiger partial charge in [-0.25, -0.2) is 8.42 Å². The molecular weight excluding hydrogens is 420 g/mol. The standard InChI is InChI=1S/C22H28N2O6S/c1-5-24(6-2)31(26,27)16-12-13-18(28-7-3)17(14-16)23-22(25)21-15(4)29-19-10-8-9-11-20(19)30-21/h8-15,21H,5-7H2,1-4H3,(H,23,25). The maximum Gasteiger partial charge on any atom is 0.269 e. The first kappa shape index (κ1) is 22.9. The van der Waals surface area contributed by atoms with E-state index in [-0.39, 0.29) is 10.6 Å². The number of anilines is 1. The number of carbonyl (C=O) groups is 1. The Labute approximate surface area is 183 Å². The first-order valence-corrected chi connectivity index (χ1v) is 11.8. The van der Waals surface area contributed by atoms with Gasteiger partial charge in [-0.2, -0.15) is 4.31 Å². The van der Waals surface area contributed by atoms with Gasteiger partial charge in [-0.1, -0.05) is 26.0 Å². The van der Waals surface area contributed by atoms with E-state index in [1.807, 2.05) is 13.0 Å². The molecule has 2 aromatic rings. The third kappa shape index (κ3) is 4.77. The molecule has 3 rings (SSSR count). The van der Waals surface area contributed by atoms with E-state index in [1.54, 1.807) is 45.0 Å². The number of benzene rings is 2. The molecule has 2 unspecified atom stereocenters. The summed E-state index contributed by atoms with van der Waals surface area (Å²) in [6.45, 7) is 8.15. The van der Waals surface area contributed by atoms with Crippen molar-refractivity contribution in [2.24, 2.45) is 0 Å². The summed E-state index contributed by atoms with van der Waals surface area (Å²) in [6.07, 6.45) is -1.44. The second-order valence-electron chi connectivity index (χ2n) is 6.98. The predicted molar refractivity (Wildman–Crippen MR) is 117 cm³/mol. The molecule has 1 heterocycles. The summed E-state index contributed by atoms with van der Waals surface area (Å²) in [5, 5.41) is 2.76. The van der Waals surface area contributed by atoms with Crippen LogP contribution in [-0.4, -0.2) is 50.5 Å². The molecule has 0 spiro atoms. The minimum absolute atomic E-state index is 0.0779. The Balaban J connectivity index is 1.90. The fourth-order valence-electron chi connectivity index (χ4n) is 3.37. The summed E-state index contributed by atoms with van der Waals surface area (Å²) in [7, 11) is -3.70. The van der Waals surface area contributed by atoms with Crippen LogP contribution >= 0.6 is 0 Å². The third-order valence-electron chi connectivity index (χ3n) is 4.95. The summed E-state index contributed by atoms with van der Waals surface area (Å²) in [4.78, 5) is 13.1. The van der Waals surface area contributed by atoms with Gasteiger partial charge in [-0.3, -0.25) is 4.79 Å². The number of para-hydroxylation sites is 2. The molecule has 0 fully saturated rings. The molecule has 1 aliphatic heterocycles. The molecule has 9 heteroatoms. The number of carbonyl (C=O) groups excluding carboxylic acids is 1. The molecule has 0 saturated carbocycles. The van der Waals surface area contributed by atoms with Crippen LogP contribution in [0, 0.1) is 0 Å². The molecule has 168 valence electrons. The number of hydrogen-bond donors (Lipinski definition) is 1. The minimum atomic E-state index is -3.70. The van der Waals surface area contributed by atoms with Crippen LogP contribution in [0.3, 0.4) is 0 Å². The molecule has 31 heavy (non-hydrogen) atoms. The van der Waals surface area contributed by atoms with E-state index in [0.717, 1.165) is 0 Å². The molecule has 8 nitrogen and oxygen atoms in total. The van der Waals surface area contributed by atoms with Crippen LogP contribution in [0.25, 0.3) is 0 Å². The molecule has 0 radical (unpaired) electrons. The normalized spacial score (nSPS) is 18.0. The number of sulfonamides is 1. The first-order valence-electron chi connectivity index (χ1n) is 10.3. The van der Waals surface area contributed by atoms with Gasteiger partial charge in [0, 0.05) is 13.1 Å². The lowest BCUT2D eigenvalue weighted by Crippen LogP contribution is -2.46. The number of rotatable bonds is 8. The maximum atomic E-state index is 13.0. The van der Waals surface area contributed by atoms with Crippen LogP contribution in [0.5, 0.6) is 17.2 Å². The highest BCUT2D eigenvalue weighted by atomic mass is 32.2. The van der Waals surface area contributed by atoms with E-state index in [1.165, 1.54) is 16.4 Å². The monoisotopic (exact) mass is 448 g/mol. The number of nitrogens with zero attached hydrogens (tertiary/aromatic N) is 1. The molecule has 1 amide bonds. The van der Waals surface area contributed by atoms with Crippen molar-refractivity contribution < 1.29 is 27.4 Å². The smallest absolute Gasteiger partial charge is 0.269 e. The summed E-state index contributed by atoms with van der Waals surface area (Å²) < 4.78 is 44.4. The molecule has 2 aromatic carbocycles. The minimum Gasteiger partial charge on any atom is -0.492 e. The lowest BCUT2D eigenvalue weighted by molar-refractivity contribution is -0.128. The average Bonchev–Trinajstić information content (AvgIpc) is 2.75. The Morgan fingerprint density at radius 3 is 2.32 bits per heavy atom. The van der Waals surface area contributed by atoms with Crippen molar-refractivity contribution in [1.29, 1.82) is 0 Å². The second-order valence-corrected chi connectivity index (χ2v) is 8.92. The van der Waals surface area contributed by atoms with Crippen LogP contribution in [0.4, 0.5) is 5.69 Å². The van der Waals surface area contributed by atoms with Crippen molar-refractivity contribution in [3.63, 3.8) is 0 Å². The highest BCUT2D eigenvalue weighted by Gasteiger charge is 2.34. The zero-order valence-corrected chi connectivity index (χ0v) is 18.9. The summed E-state index contributed by atoms with van der Waals surface area (Å²) in [6, 6.07) is 11.6. The number of amides is 1. The van der Waals surface area contributed by atoms with E-state index in [4.69, 9.17) is 14.2 Å². The van der Waals surface area contributed by atoms with E-state index >= 15 is 0 Å². The number of hydrogen-bond acceptors (Lipinski definition) is 6. The van der Waals surface area contributed by atoms with Gasteiger partial charge < -0.3 is 19.5 Å². The van der Waals surface area contributed by atoms with Gasteiger partial charge in [0.2, 0.25) is 16.1 Å². The zero-order valence-electron chi connectivity index (χ0n) is 18.1.